The quantitative estimate of drug-likeness (QED) is 0.813. The standard InChI is InChI=1S/C20H22N2O3/c1-14-6-8-16(9-7-14)4-3-5-20(24)22-18-11-10-17(12-15(18)2)25-13-19(21)23/h3-4,6-12H,5,13H2,1-2H3,(H2,21,23)(H,22,24)/b4-3+. The topological polar surface area (TPSA) is 81.4 Å². The van der Waals surface area contributed by atoms with E-state index in [-0.39, 0.29) is 18.9 Å². The molecule has 0 aliphatic heterocycles. The zero-order valence-corrected chi connectivity index (χ0v) is 14.4. The minimum Gasteiger partial charge on any atom is -0.484 e. The number of amides is 2. The van der Waals surface area contributed by atoms with E-state index in [9.17, 15) is 9.59 Å². The van der Waals surface area contributed by atoms with Crippen LogP contribution in [0.5, 0.6) is 5.75 Å². The van der Waals surface area contributed by atoms with Gasteiger partial charge in [0.15, 0.2) is 6.61 Å². The lowest BCUT2D eigenvalue weighted by Crippen LogP contribution is -2.20. The van der Waals surface area contributed by atoms with Gasteiger partial charge in [-0.15, -0.1) is 0 Å². The lowest BCUT2D eigenvalue weighted by atomic mass is 10.1. The van der Waals surface area contributed by atoms with Gasteiger partial charge in [0, 0.05) is 12.1 Å². The molecule has 5 nitrogen and oxygen atoms in total. The van der Waals surface area contributed by atoms with Crippen LogP contribution in [0.2, 0.25) is 0 Å². The maximum Gasteiger partial charge on any atom is 0.255 e. The van der Waals surface area contributed by atoms with Crippen LogP contribution in [-0.4, -0.2) is 18.4 Å². The SMILES string of the molecule is Cc1ccc(/C=C/CC(=O)Nc2ccc(OCC(N)=O)cc2C)cc1. The van der Waals surface area contributed by atoms with E-state index in [1.54, 1.807) is 18.2 Å². The summed E-state index contributed by atoms with van der Waals surface area (Å²) in [5.74, 6) is -0.0961. The number of carbonyl (C=O) groups excluding carboxylic acids is 2. The van der Waals surface area contributed by atoms with E-state index in [4.69, 9.17) is 10.5 Å². The van der Waals surface area contributed by atoms with Gasteiger partial charge in [-0.1, -0.05) is 42.0 Å². The molecule has 3 N–H and O–H groups in total. The van der Waals surface area contributed by atoms with Crippen LogP contribution in [0.15, 0.2) is 48.5 Å². The third-order valence-corrected chi connectivity index (χ3v) is 3.54. The number of rotatable bonds is 7. The van der Waals surface area contributed by atoms with E-state index >= 15 is 0 Å². The first-order valence-electron chi connectivity index (χ1n) is 7.99. The van der Waals surface area contributed by atoms with Crippen molar-refractivity contribution in [2.75, 3.05) is 11.9 Å². The van der Waals surface area contributed by atoms with Gasteiger partial charge in [0.2, 0.25) is 5.91 Å². The van der Waals surface area contributed by atoms with Gasteiger partial charge in [0.1, 0.15) is 5.75 Å². The number of anilines is 1. The Labute approximate surface area is 147 Å². The Kier molecular flexibility index (Phi) is 6.34. The maximum absolute atomic E-state index is 12.1. The van der Waals surface area contributed by atoms with Crippen LogP contribution in [0.4, 0.5) is 5.69 Å². The van der Waals surface area contributed by atoms with Gasteiger partial charge in [-0.25, -0.2) is 0 Å². The minimum absolute atomic E-state index is 0.0998. The van der Waals surface area contributed by atoms with Gasteiger partial charge in [-0.3, -0.25) is 9.59 Å². The summed E-state index contributed by atoms with van der Waals surface area (Å²) < 4.78 is 5.23. The average molecular weight is 338 g/mol. The third-order valence-electron chi connectivity index (χ3n) is 3.54. The Balaban J connectivity index is 1.89. The fourth-order valence-corrected chi connectivity index (χ4v) is 2.20. The monoisotopic (exact) mass is 338 g/mol. The summed E-state index contributed by atoms with van der Waals surface area (Å²) in [6.45, 7) is 3.72. The number of hydrogen-bond acceptors (Lipinski definition) is 3. The summed E-state index contributed by atoms with van der Waals surface area (Å²) in [6.07, 6.45) is 4.04. The van der Waals surface area contributed by atoms with E-state index in [1.165, 1.54) is 5.56 Å². The highest BCUT2D eigenvalue weighted by molar-refractivity contribution is 5.92. The number of primary amides is 1. The van der Waals surface area contributed by atoms with Crippen molar-refractivity contribution in [2.45, 2.75) is 20.3 Å². The normalized spacial score (nSPS) is 10.6. The minimum atomic E-state index is -0.532. The number of carbonyl (C=O) groups is 2. The number of hydrogen-bond donors (Lipinski definition) is 2. The van der Waals surface area contributed by atoms with Gasteiger partial charge in [0.25, 0.3) is 5.91 Å². The molecule has 0 bridgehead atoms. The molecule has 0 aliphatic carbocycles. The predicted octanol–water partition coefficient (Wildman–Crippen LogP) is 3.21. The second-order valence-electron chi connectivity index (χ2n) is 5.80. The second-order valence-corrected chi connectivity index (χ2v) is 5.80. The molecule has 0 atom stereocenters. The van der Waals surface area contributed by atoms with Crippen molar-refractivity contribution in [3.63, 3.8) is 0 Å². The van der Waals surface area contributed by atoms with E-state index in [2.05, 4.69) is 5.32 Å². The van der Waals surface area contributed by atoms with Crippen LogP contribution in [0.3, 0.4) is 0 Å². The van der Waals surface area contributed by atoms with Gasteiger partial charge in [0.05, 0.1) is 0 Å². The first-order valence-corrected chi connectivity index (χ1v) is 7.99. The third kappa shape index (κ3) is 6.14. The Morgan fingerprint density at radius 2 is 1.84 bits per heavy atom. The molecule has 2 amide bonds. The van der Waals surface area contributed by atoms with Crippen LogP contribution < -0.4 is 15.8 Å². The number of nitrogens with one attached hydrogen (secondary N) is 1. The molecule has 5 heteroatoms. The highest BCUT2D eigenvalue weighted by Crippen LogP contribution is 2.21. The fraction of sp³-hybridized carbons (Fsp3) is 0.200. The molecule has 2 aromatic rings. The summed E-state index contributed by atoms with van der Waals surface area (Å²) in [6, 6.07) is 13.3. The molecule has 0 aliphatic rings. The van der Waals surface area contributed by atoms with Crippen molar-refractivity contribution in [3.8, 4) is 5.75 Å². The largest absolute Gasteiger partial charge is 0.484 e. The van der Waals surface area contributed by atoms with Gasteiger partial charge < -0.3 is 15.8 Å². The van der Waals surface area contributed by atoms with Crippen LogP contribution in [0.25, 0.3) is 6.08 Å². The zero-order valence-electron chi connectivity index (χ0n) is 14.4. The highest BCUT2D eigenvalue weighted by atomic mass is 16.5. The molecule has 0 unspecified atom stereocenters. The summed E-state index contributed by atoms with van der Waals surface area (Å²) in [7, 11) is 0. The molecule has 0 aromatic heterocycles. The first kappa shape index (κ1) is 18.3. The van der Waals surface area contributed by atoms with Crippen LogP contribution in [-0.2, 0) is 9.59 Å². The molecule has 0 heterocycles. The molecule has 130 valence electrons. The molecule has 25 heavy (non-hydrogen) atoms. The van der Waals surface area contributed by atoms with Gasteiger partial charge in [-0.05, 0) is 43.2 Å². The number of aryl methyl sites for hydroxylation is 2. The summed E-state index contributed by atoms with van der Waals surface area (Å²) in [5.41, 5.74) is 8.86. The molecule has 2 rings (SSSR count). The van der Waals surface area contributed by atoms with E-state index in [1.807, 2.05) is 50.3 Å². The Bertz CT molecular complexity index is 780. The van der Waals surface area contributed by atoms with Crippen molar-refractivity contribution in [1.82, 2.24) is 0 Å². The molecule has 0 saturated carbocycles. The van der Waals surface area contributed by atoms with Gasteiger partial charge >= 0.3 is 0 Å². The molecule has 2 aromatic carbocycles. The predicted molar refractivity (Wildman–Crippen MR) is 99.3 cm³/mol. The van der Waals surface area contributed by atoms with E-state index < -0.39 is 5.91 Å². The molecular weight excluding hydrogens is 316 g/mol. The lowest BCUT2D eigenvalue weighted by Gasteiger charge is -2.10. The fourth-order valence-electron chi connectivity index (χ4n) is 2.20. The van der Waals surface area contributed by atoms with Crippen LogP contribution in [0, 0.1) is 13.8 Å². The number of benzene rings is 2. The van der Waals surface area contributed by atoms with E-state index in [0.29, 0.717) is 11.4 Å². The summed E-state index contributed by atoms with van der Waals surface area (Å²) in [5, 5.41) is 2.86. The second kappa shape index (κ2) is 8.68. The van der Waals surface area contributed by atoms with Crippen LogP contribution in [0.1, 0.15) is 23.1 Å². The first-order chi connectivity index (χ1) is 11.9. The molecule has 0 radical (unpaired) electrons. The van der Waals surface area contributed by atoms with Crippen molar-refractivity contribution < 1.29 is 14.3 Å². The summed E-state index contributed by atoms with van der Waals surface area (Å²) in [4.78, 5) is 22.8. The Morgan fingerprint density at radius 1 is 1.12 bits per heavy atom. The summed E-state index contributed by atoms with van der Waals surface area (Å²) >= 11 is 0. The van der Waals surface area contributed by atoms with Gasteiger partial charge in [-0.2, -0.15) is 0 Å². The Morgan fingerprint density at radius 3 is 2.48 bits per heavy atom. The maximum atomic E-state index is 12.1. The van der Waals surface area contributed by atoms with Crippen molar-refractivity contribution >= 4 is 23.6 Å². The van der Waals surface area contributed by atoms with Crippen LogP contribution >= 0.6 is 0 Å². The Hall–Kier alpha value is -3.08. The molecule has 0 saturated heterocycles. The van der Waals surface area contributed by atoms with Crippen molar-refractivity contribution in [2.24, 2.45) is 5.73 Å². The number of ether oxygens (including phenoxy) is 1. The molecule has 0 fully saturated rings. The smallest absolute Gasteiger partial charge is 0.255 e. The molecular formula is C20H22N2O3. The van der Waals surface area contributed by atoms with Crippen molar-refractivity contribution in [1.29, 1.82) is 0 Å². The average Bonchev–Trinajstić information content (AvgIpc) is 2.57. The number of nitrogens with two attached hydrogens (primary N) is 1. The molecule has 0 spiro atoms. The highest BCUT2D eigenvalue weighted by Gasteiger charge is 2.05. The zero-order chi connectivity index (χ0) is 18.2. The lowest BCUT2D eigenvalue weighted by molar-refractivity contribution is -0.120. The van der Waals surface area contributed by atoms with E-state index in [0.717, 1.165) is 11.1 Å². The van der Waals surface area contributed by atoms with Crippen molar-refractivity contribution in [3.05, 3.63) is 65.2 Å².